The molecule has 11 nitrogen and oxygen atoms in total. The first-order valence-corrected chi connectivity index (χ1v) is 24.4. The molecule has 0 rings (SSSR count). The Kier molecular flexibility index (Phi) is 41.0. The Morgan fingerprint density at radius 1 is 0.516 bits per heavy atom. The lowest BCUT2D eigenvalue weighted by Gasteiger charge is -2.20. The molecule has 0 spiro atoms. The maximum atomic E-state index is 12.6. The zero-order valence-corrected chi connectivity index (χ0v) is 38.8. The second-order valence-electron chi connectivity index (χ2n) is 14.8. The van der Waals surface area contributed by atoms with Gasteiger partial charge in [0.05, 0.1) is 13.2 Å². The zero-order valence-electron chi connectivity index (χ0n) is 37.9. The van der Waals surface area contributed by atoms with Crippen molar-refractivity contribution in [3.63, 3.8) is 0 Å². The minimum Gasteiger partial charge on any atom is -0.480 e. The van der Waals surface area contributed by atoms with Crippen molar-refractivity contribution in [3.05, 3.63) is 109 Å². The first kappa shape index (κ1) is 58.1. The number of hydrogen-bond donors (Lipinski definition) is 3. The summed E-state index contributed by atoms with van der Waals surface area (Å²) in [5, 5.41) is 8.90. The topological polar surface area (TPSA) is 172 Å². The van der Waals surface area contributed by atoms with Crippen molar-refractivity contribution in [2.45, 2.75) is 167 Å². The highest BCUT2D eigenvalue weighted by molar-refractivity contribution is 7.47. The van der Waals surface area contributed by atoms with E-state index < -0.39 is 51.1 Å². The molecular weight excluding hydrogens is 806 g/mol. The van der Waals surface area contributed by atoms with Crippen LogP contribution in [0.2, 0.25) is 0 Å². The fourth-order valence-electron chi connectivity index (χ4n) is 5.43. The first-order valence-electron chi connectivity index (χ1n) is 22.9. The van der Waals surface area contributed by atoms with Gasteiger partial charge >= 0.3 is 25.7 Å². The summed E-state index contributed by atoms with van der Waals surface area (Å²) < 4.78 is 32.7. The molecule has 3 atom stereocenters. The average Bonchev–Trinajstić information content (AvgIpc) is 3.25. The lowest BCUT2D eigenvalue weighted by atomic mass is 10.1. The van der Waals surface area contributed by atoms with Crippen molar-refractivity contribution in [1.82, 2.24) is 0 Å². The van der Waals surface area contributed by atoms with Crippen LogP contribution in [0, 0.1) is 0 Å². The smallest absolute Gasteiger partial charge is 0.472 e. The third kappa shape index (κ3) is 42.8. The number of nitrogens with two attached hydrogens (primary N) is 1. The predicted octanol–water partition coefficient (Wildman–Crippen LogP) is 12.6. The highest BCUT2D eigenvalue weighted by atomic mass is 31.2. The van der Waals surface area contributed by atoms with E-state index in [1.165, 1.54) is 25.7 Å². The Balaban J connectivity index is 4.49. The molecule has 0 aromatic rings. The van der Waals surface area contributed by atoms with Crippen LogP contribution in [-0.4, -0.2) is 59.9 Å². The molecule has 0 amide bonds. The lowest BCUT2D eigenvalue weighted by molar-refractivity contribution is -0.161. The van der Waals surface area contributed by atoms with Gasteiger partial charge in [0.25, 0.3) is 0 Å². The molecule has 0 aliphatic rings. The standard InChI is InChI=1S/C50H80NO10P/c1-3-5-7-9-11-13-15-17-19-21-23-25-27-29-31-33-35-37-39-41-48(52)58-43-46(44-59-62(56,57)60-45-47(51)50(54)55)61-49(53)42-40-38-36-34-32-30-28-26-24-22-20-18-16-14-12-10-8-6-4-2/h6,8,11-14,17-20,23-26,29-32,46-47H,3-5,7,9-10,15-16,21-22,27-28,33-45,51H2,1-2H3,(H,54,55)(H,56,57)/b8-6-,13-11-,14-12-,19-17-,20-18-,25-23-,26-24-,31-29-,32-30-/t46-,47+/m1/s1. The zero-order chi connectivity index (χ0) is 45.6. The van der Waals surface area contributed by atoms with Gasteiger partial charge in [0.15, 0.2) is 6.10 Å². The van der Waals surface area contributed by atoms with Gasteiger partial charge in [-0.2, -0.15) is 0 Å². The molecule has 0 fully saturated rings. The molecule has 12 heteroatoms. The van der Waals surface area contributed by atoms with E-state index in [2.05, 4.69) is 128 Å². The monoisotopic (exact) mass is 886 g/mol. The number of phosphoric acid groups is 1. The van der Waals surface area contributed by atoms with Gasteiger partial charge in [0, 0.05) is 12.8 Å². The Hall–Kier alpha value is -3.86. The number of allylic oxidation sites excluding steroid dienone is 18. The molecule has 1 unspecified atom stereocenters. The third-order valence-corrected chi connectivity index (χ3v) is 9.96. The number of ether oxygens (including phenoxy) is 2. The molecule has 0 aromatic heterocycles. The lowest BCUT2D eigenvalue weighted by Crippen LogP contribution is -2.34. The fraction of sp³-hybridized carbons (Fsp3) is 0.580. The predicted molar refractivity (Wildman–Crippen MR) is 253 cm³/mol. The van der Waals surface area contributed by atoms with Crippen LogP contribution in [0.3, 0.4) is 0 Å². The largest absolute Gasteiger partial charge is 0.480 e. The van der Waals surface area contributed by atoms with Crippen LogP contribution >= 0.6 is 7.82 Å². The number of carboxylic acids is 1. The summed E-state index contributed by atoms with van der Waals surface area (Å²) in [5.74, 6) is -2.48. The summed E-state index contributed by atoms with van der Waals surface area (Å²) in [7, 11) is -4.74. The number of esters is 2. The summed E-state index contributed by atoms with van der Waals surface area (Å²) in [6.07, 6.45) is 57.2. The molecule has 0 radical (unpaired) electrons. The normalized spacial score (nSPS) is 14.6. The molecular formula is C50H80NO10P. The second-order valence-corrected chi connectivity index (χ2v) is 16.2. The van der Waals surface area contributed by atoms with Gasteiger partial charge in [-0.25, -0.2) is 4.57 Å². The van der Waals surface area contributed by atoms with Gasteiger partial charge < -0.3 is 25.2 Å². The second kappa shape index (κ2) is 43.8. The van der Waals surface area contributed by atoms with Crippen molar-refractivity contribution in [1.29, 1.82) is 0 Å². The Labute approximate surface area is 374 Å². The van der Waals surface area contributed by atoms with Gasteiger partial charge in [-0.3, -0.25) is 23.4 Å². The summed E-state index contributed by atoms with van der Waals surface area (Å²) in [6, 6.07) is -1.54. The molecule has 0 aromatic carbocycles. The van der Waals surface area contributed by atoms with Gasteiger partial charge in [-0.05, 0) is 103 Å². The van der Waals surface area contributed by atoms with Gasteiger partial charge in [-0.1, -0.05) is 149 Å². The summed E-state index contributed by atoms with van der Waals surface area (Å²) >= 11 is 0. The van der Waals surface area contributed by atoms with Crippen LogP contribution in [0.5, 0.6) is 0 Å². The number of carbonyl (C=O) groups excluding carboxylic acids is 2. The van der Waals surface area contributed by atoms with E-state index in [1.807, 2.05) is 0 Å². The number of hydrogen-bond acceptors (Lipinski definition) is 9. The van der Waals surface area contributed by atoms with Crippen molar-refractivity contribution < 1.29 is 47.5 Å². The fourth-order valence-corrected chi connectivity index (χ4v) is 6.20. The van der Waals surface area contributed by atoms with Crippen LogP contribution in [0.1, 0.15) is 155 Å². The van der Waals surface area contributed by atoms with Crippen molar-refractivity contribution >= 4 is 25.7 Å². The molecule has 0 saturated carbocycles. The molecule has 0 aliphatic heterocycles. The van der Waals surface area contributed by atoms with Crippen molar-refractivity contribution in [2.75, 3.05) is 19.8 Å². The molecule has 0 saturated heterocycles. The molecule has 62 heavy (non-hydrogen) atoms. The number of unbranched alkanes of at least 4 members (excludes halogenated alkanes) is 9. The van der Waals surface area contributed by atoms with Crippen molar-refractivity contribution in [2.24, 2.45) is 5.73 Å². The number of aliphatic carboxylic acids is 1. The number of carbonyl (C=O) groups is 3. The molecule has 0 aliphatic carbocycles. The van der Waals surface area contributed by atoms with Gasteiger partial charge in [-0.15, -0.1) is 0 Å². The van der Waals surface area contributed by atoms with E-state index in [1.54, 1.807) is 0 Å². The van der Waals surface area contributed by atoms with Gasteiger partial charge in [0.1, 0.15) is 12.6 Å². The van der Waals surface area contributed by atoms with E-state index in [9.17, 15) is 23.8 Å². The summed E-state index contributed by atoms with van der Waals surface area (Å²) in [6.45, 7) is 2.58. The van der Waals surface area contributed by atoms with Crippen LogP contribution in [0.4, 0.5) is 0 Å². The van der Waals surface area contributed by atoms with E-state index in [0.29, 0.717) is 12.8 Å². The Morgan fingerprint density at radius 3 is 1.32 bits per heavy atom. The van der Waals surface area contributed by atoms with Crippen LogP contribution in [0.25, 0.3) is 0 Å². The van der Waals surface area contributed by atoms with Gasteiger partial charge in [0.2, 0.25) is 0 Å². The van der Waals surface area contributed by atoms with E-state index in [4.69, 9.17) is 24.8 Å². The summed E-state index contributed by atoms with van der Waals surface area (Å²) in [5.41, 5.74) is 5.33. The first-order chi connectivity index (χ1) is 30.1. The molecule has 4 N–H and O–H groups in total. The Bertz CT molecular complexity index is 1460. The summed E-state index contributed by atoms with van der Waals surface area (Å²) in [4.78, 5) is 46.0. The maximum absolute atomic E-state index is 12.6. The van der Waals surface area contributed by atoms with E-state index in [0.717, 1.165) is 89.9 Å². The van der Waals surface area contributed by atoms with Crippen molar-refractivity contribution in [3.8, 4) is 0 Å². The van der Waals surface area contributed by atoms with E-state index >= 15 is 0 Å². The molecule has 0 heterocycles. The number of rotatable bonds is 41. The van der Waals surface area contributed by atoms with Crippen LogP contribution < -0.4 is 5.73 Å². The van der Waals surface area contributed by atoms with E-state index in [-0.39, 0.29) is 19.4 Å². The average molecular weight is 886 g/mol. The molecule has 0 bridgehead atoms. The number of carboxylic acid groups (broad SMARTS) is 1. The third-order valence-electron chi connectivity index (χ3n) is 9.00. The SMILES string of the molecule is CC/C=C\C/C=C\C/C=C\C/C=C\C/C=C\CCCCCC(=O)O[C@H](COC(=O)CCCCC/C=C\C/C=C\C/C=C\C/C=C\CCCCC)COP(=O)(O)OC[C@H](N)C(=O)O. The molecule has 350 valence electrons. The quantitative estimate of drug-likeness (QED) is 0.0231. The van der Waals surface area contributed by atoms with Crippen LogP contribution in [0.15, 0.2) is 109 Å². The highest BCUT2D eigenvalue weighted by Gasteiger charge is 2.28. The number of phosphoric ester groups is 1. The maximum Gasteiger partial charge on any atom is 0.472 e. The van der Waals surface area contributed by atoms with Crippen LogP contribution in [-0.2, 0) is 37.5 Å². The minimum atomic E-state index is -4.74. The minimum absolute atomic E-state index is 0.107. The highest BCUT2D eigenvalue weighted by Crippen LogP contribution is 2.43. The Morgan fingerprint density at radius 2 is 0.903 bits per heavy atom.